The monoisotopic (exact) mass is 262 g/mol. The summed E-state index contributed by atoms with van der Waals surface area (Å²) in [5.74, 6) is 0. The van der Waals surface area contributed by atoms with Crippen LogP contribution in [-0.2, 0) is 6.54 Å². The number of fused-ring (bicyclic) bond motifs is 1. The molecular weight excluding hydrogens is 244 g/mol. The van der Waals surface area contributed by atoms with Crippen molar-refractivity contribution in [3.8, 4) is 0 Å². The van der Waals surface area contributed by atoms with Gasteiger partial charge in [0, 0.05) is 17.8 Å². The molecule has 0 unspecified atom stereocenters. The maximum absolute atomic E-state index is 11.5. The Hall–Kier alpha value is -1.55. The first-order chi connectivity index (χ1) is 8.81. The fourth-order valence-corrected chi connectivity index (χ4v) is 2.75. The summed E-state index contributed by atoms with van der Waals surface area (Å²) in [6.07, 6.45) is 2.12. The highest BCUT2D eigenvalue weighted by Gasteiger charge is 2.04. The van der Waals surface area contributed by atoms with Crippen molar-refractivity contribution < 1.29 is 4.79 Å². The van der Waals surface area contributed by atoms with Gasteiger partial charge in [0.15, 0.2) is 0 Å². The van der Waals surface area contributed by atoms with E-state index in [1.54, 1.807) is 11.3 Å². The summed E-state index contributed by atoms with van der Waals surface area (Å²) in [6, 6.07) is 8.18. The molecule has 4 heteroatoms. The van der Waals surface area contributed by atoms with Gasteiger partial charge in [-0.25, -0.2) is 4.79 Å². The second-order valence-electron chi connectivity index (χ2n) is 4.22. The lowest BCUT2D eigenvalue weighted by Crippen LogP contribution is -2.35. The van der Waals surface area contributed by atoms with Crippen molar-refractivity contribution in [2.24, 2.45) is 0 Å². The zero-order valence-corrected chi connectivity index (χ0v) is 11.3. The van der Waals surface area contributed by atoms with E-state index in [4.69, 9.17) is 0 Å². The topological polar surface area (TPSA) is 41.1 Å². The van der Waals surface area contributed by atoms with Crippen LogP contribution in [0.25, 0.3) is 10.1 Å². The maximum Gasteiger partial charge on any atom is 0.315 e. The van der Waals surface area contributed by atoms with Gasteiger partial charge in [0.05, 0.1) is 0 Å². The summed E-state index contributed by atoms with van der Waals surface area (Å²) < 4.78 is 1.26. The smallest absolute Gasteiger partial charge is 0.315 e. The number of carbonyl (C=O) groups excluding carboxylic acids is 1. The van der Waals surface area contributed by atoms with Gasteiger partial charge in [-0.05, 0) is 28.8 Å². The third-order valence-corrected chi connectivity index (χ3v) is 3.83. The van der Waals surface area contributed by atoms with E-state index in [-0.39, 0.29) is 6.03 Å². The van der Waals surface area contributed by atoms with Crippen LogP contribution in [0, 0.1) is 0 Å². The first-order valence-corrected chi connectivity index (χ1v) is 7.16. The lowest BCUT2D eigenvalue weighted by Gasteiger charge is -2.06. The minimum Gasteiger partial charge on any atom is -0.338 e. The molecule has 0 spiro atoms. The summed E-state index contributed by atoms with van der Waals surface area (Å²) in [4.78, 5) is 11.5. The second kappa shape index (κ2) is 6.40. The summed E-state index contributed by atoms with van der Waals surface area (Å²) >= 11 is 1.72. The average molecular weight is 262 g/mol. The van der Waals surface area contributed by atoms with Crippen LogP contribution in [-0.4, -0.2) is 12.6 Å². The van der Waals surface area contributed by atoms with E-state index in [0.717, 1.165) is 19.4 Å². The molecule has 2 amide bonds. The highest BCUT2D eigenvalue weighted by atomic mass is 32.1. The van der Waals surface area contributed by atoms with Gasteiger partial charge < -0.3 is 10.6 Å². The molecule has 0 atom stereocenters. The Morgan fingerprint density at radius 3 is 2.94 bits per heavy atom. The number of nitrogens with one attached hydrogen (secondary N) is 2. The molecule has 0 fully saturated rings. The van der Waals surface area contributed by atoms with Crippen molar-refractivity contribution in [3.05, 3.63) is 35.2 Å². The van der Waals surface area contributed by atoms with E-state index in [0.29, 0.717) is 6.54 Å². The van der Waals surface area contributed by atoms with Gasteiger partial charge in [-0.3, -0.25) is 0 Å². The Morgan fingerprint density at radius 1 is 1.28 bits per heavy atom. The molecule has 1 heterocycles. The summed E-state index contributed by atoms with van der Waals surface area (Å²) in [6.45, 7) is 3.44. The van der Waals surface area contributed by atoms with Crippen molar-refractivity contribution in [1.29, 1.82) is 0 Å². The van der Waals surface area contributed by atoms with Gasteiger partial charge >= 0.3 is 6.03 Å². The molecule has 2 rings (SSSR count). The minimum atomic E-state index is -0.0845. The molecular formula is C14H18N2OS. The van der Waals surface area contributed by atoms with E-state index < -0.39 is 0 Å². The highest BCUT2D eigenvalue weighted by Crippen LogP contribution is 2.25. The molecule has 0 radical (unpaired) electrons. The van der Waals surface area contributed by atoms with Crippen LogP contribution in [0.4, 0.5) is 4.79 Å². The zero-order chi connectivity index (χ0) is 12.8. The number of carbonyl (C=O) groups is 1. The van der Waals surface area contributed by atoms with Crippen LogP contribution in [0.1, 0.15) is 25.3 Å². The van der Waals surface area contributed by atoms with Gasteiger partial charge in [-0.1, -0.05) is 31.5 Å². The molecule has 0 aliphatic rings. The van der Waals surface area contributed by atoms with Crippen LogP contribution in [0.2, 0.25) is 0 Å². The van der Waals surface area contributed by atoms with Crippen LogP contribution >= 0.6 is 11.3 Å². The van der Waals surface area contributed by atoms with E-state index in [2.05, 4.69) is 35.1 Å². The summed E-state index contributed by atoms with van der Waals surface area (Å²) in [5.41, 5.74) is 1.18. The van der Waals surface area contributed by atoms with Crippen LogP contribution < -0.4 is 10.6 Å². The van der Waals surface area contributed by atoms with Gasteiger partial charge in [-0.2, -0.15) is 0 Å². The number of hydrogen-bond donors (Lipinski definition) is 2. The molecule has 0 aliphatic carbocycles. The van der Waals surface area contributed by atoms with Gasteiger partial charge in [0.25, 0.3) is 0 Å². The Bertz CT molecular complexity index is 521. The predicted molar refractivity (Wildman–Crippen MR) is 77.0 cm³/mol. The fourth-order valence-electron chi connectivity index (χ4n) is 1.79. The van der Waals surface area contributed by atoms with E-state index >= 15 is 0 Å². The van der Waals surface area contributed by atoms with Crippen molar-refractivity contribution in [1.82, 2.24) is 10.6 Å². The first kappa shape index (κ1) is 12.9. The van der Waals surface area contributed by atoms with Crippen molar-refractivity contribution >= 4 is 27.5 Å². The summed E-state index contributed by atoms with van der Waals surface area (Å²) in [5, 5.41) is 9.08. The van der Waals surface area contributed by atoms with Gasteiger partial charge in [0.1, 0.15) is 0 Å². The van der Waals surface area contributed by atoms with Crippen LogP contribution in [0.5, 0.6) is 0 Å². The normalized spacial score (nSPS) is 10.5. The second-order valence-corrected chi connectivity index (χ2v) is 5.13. The molecule has 18 heavy (non-hydrogen) atoms. The van der Waals surface area contributed by atoms with E-state index in [9.17, 15) is 4.79 Å². The Balaban J connectivity index is 1.88. The minimum absolute atomic E-state index is 0.0845. The molecule has 2 N–H and O–H groups in total. The SMILES string of the molecule is CCCCNC(=O)NCc1csc2ccccc12. The Kier molecular flexibility index (Phi) is 4.59. The lowest BCUT2D eigenvalue weighted by atomic mass is 10.2. The number of hydrogen-bond acceptors (Lipinski definition) is 2. The first-order valence-electron chi connectivity index (χ1n) is 6.28. The molecule has 0 bridgehead atoms. The van der Waals surface area contributed by atoms with Crippen molar-refractivity contribution in [3.63, 3.8) is 0 Å². The molecule has 2 aromatic rings. The maximum atomic E-state index is 11.5. The molecule has 0 saturated carbocycles. The lowest BCUT2D eigenvalue weighted by molar-refractivity contribution is 0.240. The number of rotatable bonds is 5. The molecule has 3 nitrogen and oxygen atoms in total. The molecule has 0 saturated heterocycles. The largest absolute Gasteiger partial charge is 0.338 e. The number of thiophene rings is 1. The third-order valence-electron chi connectivity index (χ3n) is 2.82. The zero-order valence-electron chi connectivity index (χ0n) is 10.5. The number of urea groups is 1. The van der Waals surface area contributed by atoms with Gasteiger partial charge in [-0.15, -0.1) is 11.3 Å². The number of unbranched alkanes of at least 4 members (excludes halogenated alkanes) is 1. The Morgan fingerprint density at radius 2 is 2.11 bits per heavy atom. The molecule has 96 valence electrons. The molecule has 0 aliphatic heterocycles. The van der Waals surface area contributed by atoms with Crippen molar-refractivity contribution in [2.75, 3.05) is 6.54 Å². The highest BCUT2D eigenvalue weighted by molar-refractivity contribution is 7.17. The quantitative estimate of drug-likeness (QED) is 0.796. The number of benzene rings is 1. The molecule has 1 aromatic carbocycles. The van der Waals surface area contributed by atoms with Crippen LogP contribution in [0.15, 0.2) is 29.6 Å². The van der Waals surface area contributed by atoms with Crippen LogP contribution in [0.3, 0.4) is 0 Å². The van der Waals surface area contributed by atoms with E-state index in [1.807, 2.05) is 12.1 Å². The fraction of sp³-hybridized carbons (Fsp3) is 0.357. The van der Waals surface area contributed by atoms with Crippen molar-refractivity contribution in [2.45, 2.75) is 26.3 Å². The van der Waals surface area contributed by atoms with E-state index in [1.165, 1.54) is 15.6 Å². The van der Waals surface area contributed by atoms with Gasteiger partial charge in [0.2, 0.25) is 0 Å². The Labute approximate surface area is 111 Å². The number of amides is 2. The summed E-state index contributed by atoms with van der Waals surface area (Å²) in [7, 11) is 0. The third kappa shape index (κ3) is 3.23. The molecule has 1 aromatic heterocycles. The standard InChI is InChI=1S/C14H18N2OS/c1-2-3-8-15-14(17)16-9-11-10-18-13-7-5-4-6-12(11)13/h4-7,10H,2-3,8-9H2,1H3,(H2,15,16,17). The average Bonchev–Trinajstić information content (AvgIpc) is 2.80. The predicted octanol–water partition coefficient (Wildman–Crippen LogP) is 3.50.